The van der Waals surface area contributed by atoms with Crippen LogP contribution in [-0.2, 0) is 0 Å². The molecule has 0 fully saturated rings. The van der Waals surface area contributed by atoms with Crippen LogP contribution in [-0.4, -0.2) is 28.5 Å². The second-order valence-corrected chi connectivity index (χ2v) is 5.72. The number of aromatic hydroxyl groups is 1. The Kier molecular flexibility index (Phi) is 5.97. The van der Waals surface area contributed by atoms with Crippen molar-refractivity contribution >= 4 is 23.7 Å². The molecule has 0 aliphatic carbocycles. The van der Waals surface area contributed by atoms with E-state index in [2.05, 4.69) is 17.1 Å². The number of non-ortho nitro benzene ring substituents is 1. The van der Waals surface area contributed by atoms with Gasteiger partial charge in [0.15, 0.2) is 0 Å². The van der Waals surface area contributed by atoms with Crippen LogP contribution in [0.4, 0.5) is 5.69 Å². The van der Waals surface area contributed by atoms with Crippen molar-refractivity contribution in [1.82, 2.24) is 0 Å². The van der Waals surface area contributed by atoms with Gasteiger partial charge in [-0.05, 0) is 30.4 Å². The van der Waals surface area contributed by atoms with Crippen LogP contribution in [0.2, 0.25) is 0 Å². The van der Waals surface area contributed by atoms with E-state index in [-0.39, 0.29) is 11.4 Å². The van der Waals surface area contributed by atoms with Crippen LogP contribution in [0, 0.1) is 10.1 Å². The molecule has 0 aromatic heterocycles. The van der Waals surface area contributed by atoms with Crippen molar-refractivity contribution in [3.63, 3.8) is 0 Å². The Morgan fingerprint density at radius 2 is 2.00 bits per heavy atom. The van der Waals surface area contributed by atoms with Crippen molar-refractivity contribution in [3.8, 4) is 5.75 Å². The van der Waals surface area contributed by atoms with E-state index in [9.17, 15) is 15.2 Å². The van der Waals surface area contributed by atoms with E-state index in [1.54, 1.807) is 11.8 Å². The molecule has 22 heavy (non-hydrogen) atoms. The number of nitro groups is 1. The number of hydrogen-bond acceptors (Lipinski definition) is 5. The summed E-state index contributed by atoms with van der Waals surface area (Å²) in [6.45, 7) is 0.613. The highest BCUT2D eigenvalue weighted by molar-refractivity contribution is 7.99. The molecule has 2 aromatic rings. The largest absolute Gasteiger partial charge is 0.507 e. The number of phenolic OH excluding ortho intramolecular Hbond substituents is 1. The lowest BCUT2D eigenvalue weighted by Gasteiger charge is -2.00. The van der Waals surface area contributed by atoms with Crippen LogP contribution < -0.4 is 0 Å². The number of phenols is 1. The van der Waals surface area contributed by atoms with Gasteiger partial charge in [0, 0.05) is 35.4 Å². The van der Waals surface area contributed by atoms with E-state index < -0.39 is 4.92 Å². The smallest absolute Gasteiger partial charge is 0.270 e. The van der Waals surface area contributed by atoms with Crippen LogP contribution in [0.5, 0.6) is 5.75 Å². The van der Waals surface area contributed by atoms with Gasteiger partial charge in [-0.2, -0.15) is 0 Å². The SMILES string of the molecule is O=[N+]([O-])c1ccc(O)c(C=NCCCSc2ccccc2)c1. The lowest BCUT2D eigenvalue weighted by Crippen LogP contribution is -1.92. The summed E-state index contributed by atoms with van der Waals surface area (Å²) in [5, 5.41) is 20.3. The first-order valence-electron chi connectivity index (χ1n) is 6.82. The predicted octanol–water partition coefficient (Wildman–Crippen LogP) is 3.90. The Labute approximate surface area is 132 Å². The summed E-state index contributed by atoms with van der Waals surface area (Å²) in [6.07, 6.45) is 2.38. The lowest BCUT2D eigenvalue weighted by atomic mass is 10.2. The zero-order valence-electron chi connectivity index (χ0n) is 11.9. The molecule has 2 aromatic carbocycles. The van der Waals surface area contributed by atoms with Gasteiger partial charge < -0.3 is 5.11 Å². The van der Waals surface area contributed by atoms with E-state index in [1.165, 1.54) is 29.3 Å². The molecule has 0 spiro atoms. The number of nitrogens with zero attached hydrogens (tertiary/aromatic N) is 2. The van der Waals surface area contributed by atoms with Gasteiger partial charge in [0.2, 0.25) is 0 Å². The summed E-state index contributed by atoms with van der Waals surface area (Å²) < 4.78 is 0. The van der Waals surface area contributed by atoms with Gasteiger partial charge in [-0.1, -0.05) is 18.2 Å². The Hall–Kier alpha value is -2.34. The highest BCUT2D eigenvalue weighted by Gasteiger charge is 2.08. The Morgan fingerprint density at radius 1 is 1.23 bits per heavy atom. The molecule has 114 valence electrons. The number of thioether (sulfide) groups is 1. The van der Waals surface area contributed by atoms with Gasteiger partial charge in [-0.15, -0.1) is 11.8 Å². The number of hydrogen-bond donors (Lipinski definition) is 1. The summed E-state index contributed by atoms with van der Waals surface area (Å²) in [7, 11) is 0. The molecule has 5 nitrogen and oxygen atoms in total. The monoisotopic (exact) mass is 316 g/mol. The average Bonchev–Trinajstić information content (AvgIpc) is 2.53. The van der Waals surface area contributed by atoms with Gasteiger partial charge in [0.25, 0.3) is 5.69 Å². The first kappa shape index (κ1) is 16.0. The maximum Gasteiger partial charge on any atom is 0.270 e. The molecular weight excluding hydrogens is 300 g/mol. The molecule has 0 aliphatic heterocycles. The van der Waals surface area contributed by atoms with Crippen molar-refractivity contribution in [2.24, 2.45) is 4.99 Å². The minimum absolute atomic E-state index is 0.00647. The van der Waals surface area contributed by atoms with Crippen molar-refractivity contribution < 1.29 is 10.0 Å². The quantitative estimate of drug-likeness (QED) is 0.276. The molecule has 0 amide bonds. The van der Waals surface area contributed by atoms with Crippen LogP contribution in [0.1, 0.15) is 12.0 Å². The molecule has 0 aliphatic rings. The van der Waals surface area contributed by atoms with Gasteiger partial charge in [0.1, 0.15) is 5.75 Å². The lowest BCUT2D eigenvalue weighted by molar-refractivity contribution is -0.384. The molecule has 0 radical (unpaired) electrons. The third kappa shape index (κ3) is 4.89. The first-order chi connectivity index (χ1) is 10.7. The fourth-order valence-electron chi connectivity index (χ4n) is 1.78. The fraction of sp³-hybridized carbons (Fsp3) is 0.188. The summed E-state index contributed by atoms with van der Waals surface area (Å²) >= 11 is 1.76. The first-order valence-corrected chi connectivity index (χ1v) is 7.80. The summed E-state index contributed by atoms with van der Waals surface area (Å²) in [6, 6.07) is 14.0. The minimum Gasteiger partial charge on any atom is -0.507 e. The van der Waals surface area contributed by atoms with Crippen molar-refractivity contribution in [2.45, 2.75) is 11.3 Å². The maximum atomic E-state index is 10.7. The summed E-state index contributed by atoms with van der Waals surface area (Å²) in [5.74, 6) is 0.940. The van der Waals surface area contributed by atoms with Crippen LogP contribution >= 0.6 is 11.8 Å². The molecule has 0 unspecified atom stereocenters. The zero-order valence-corrected chi connectivity index (χ0v) is 12.7. The summed E-state index contributed by atoms with van der Waals surface area (Å²) in [5.41, 5.74) is 0.309. The van der Waals surface area contributed by atoms with Gasteiger partial charge in [0.05, 0.1) is 4.92 Å². The van der Waals surface area contributed by atoms with E-state index in [0.29, 0.717) is 12.1 Å². The second-order valence-electron chi connectivity index (χ2n) is 4.55. The van der Waals surface area contributed by atoms with Crippen molar-refractivity contribution in [1.29, 1.82) is 0 Å². The van der Waals surface area contributed by atoms with E-state index in [1.807, 2.05) is 18.2 Å². The van der Waals surface area contributed by atoms with E-state index in [4.69, 9.17) is 0 Å². The standard InChI is InChI=1S/C16H16N2O3S/c19-16-8-7-14(18(20)21)11-13(16)12-17-9-4-10-22-15-5-2-1-3-6-15/h1-3,5-8,11-12,19H,4,9-10H2. The zero-order chi connectivity index (χ0) is 15.8. The Balaban J connectivity index is 1.80. The summed E-state index contributed by atoms with van der Waals surface area (Å²) in [4.78, 5) is 15.6. The van der Waals surface area contributed by atoms with Crippen LogP contribution in [0.25, 0.3) is 0 Å². The van der Waals surface area contributed by atoms with E-state index >= 15 is 0 Å². The van der Waals surface area contributed by atoms with Gasteiger partial charge >= 0.3 is 0 Å². The molecule has 0 saturated carbocycles. The van der Waals surface area contributed by atoms with Gasteiger partial charge in [-0.25, -0.2) is 0 Å². The normalized spacial score (nSPS) is 10.9. The number of aliphatic imine (C=N–C) groups is 1. The topological polar surface area (TPSA) is 75.7 Å². The second kappa shape index (κ2) is 8.19. The van der Waals surface area contributed by atoms with Gasteiger partial charge in [-0.3, -0.25) is 15.1 Å². The molecular formula is C16H16N2O3S. The molecule has 0 saturated heterocycles. The van der Waals surface area contributed by atoms with Crippen molar-refractivity contribution in [2.75, 3.05) is 12.3 Å². The van der Waals surface area contributed by atoms with E-state index in [0.717, 1.165) is 12.2 Å². The number of benzene rings is 2. The third-order valence-electron chi connectivity index (χ3n) is 2.90. The third-order valence-corrected chi connectivity index (χ3v) is 3.99. The Bertz CT molecular complexity index is 660. The minimum atomic E-state index is -0.493. The van der Waals surface area contributed by atoms with Crippen LogP contribution in [0.15, 0.2) is 58.4 Å². The maximum absolute atomic E-state index is 10.7. The number of nitro benzene ring substituents is 1. The highest BCUT2D eigenvalue weighted by atomic mass is 32.2. The molecule has 1 N–H and O–H groups in total. The predicted molar refractivity (Wildman–Crippen MR) is 89.0 cm³/mol. The molecule has 0 atom stereocenters. The van der Waals surface area contributed by atoms with Crippen LogP contribution in [0.3, 0.4) is 0 Å². The highest BCUT2D eigenvalue weighted by Crippen LogP contribution is 2.21. The molecule has 0 bridgehead atoms. The van der Waals surface area contributed by atoms with Crippen molar-refractivity contribution in [3.05, 3.63) is 64.2 Å². The molecule has 6 heteroatoms. The average molecular weight is 316 g/mol. The number of rotatable bonds is 7. The molecule has 0 heterocycles. The Morgan fingerprint density at radius 3 is 2.73 bits per heavy atom. The molecule has 2 rings (SSSR count). The fourth-order valence-corrected chi connectivity index (χ4v) is 2.64.